The largest absolute Gasteiger partial charge is 0.324 e. The molecule has 0 bridgehead atoms. The van der Waals surface area contributed by atoms with Crippen LogP contribution in [0.2, 0.25) is 0 Å². The Morgan fingerprint density at radius 1 is 1.06 bits per heavy atom. The lowest BCUT2D eigenvalue weighted by atomic mass is 9.81. The Balaban J connectivity index is 1.28. The van der Waals surface area contributed by atoms with E-state index in [1.165, 1.54) is 11.0 Å². The van der Waals surface area contributed by atoms with Crippen LogP contribution < -0.4 is 5.32 Å². The highest BCUT2D eigenvalue weighted by Crippen LogP contribution is 2.38. The minimum absolute atomic E-state index is 0.0284. The predicted octanol–water partition coefficient (Wildman–Crippen LogP) is 2.08. The van der Waals surface area contributed by atoms with Crippen molar-refractivity contribution in [1.82, 2.24) is 14.7 Å². The molecule has 31 heavy (non-hydrogen) atoms. The van der Waals surface area contributed by atoms with E-state index in [1.54, 1.807) is 6.07 Å². The van der Waals surface area contributed by atoms with Crippen molar-refractivity contribution in [3.8, 4) is 0 Å². The zero-order chi connectivity index (χ0) is 22.0. The highest BCUT2D eigenvalue weighted by Gasteiger charge is 2.47. The molecule has 3 amide bonds. The Morgan fingerprint density at radius 2 is 1.71 bits per heavy atom. The van der Waals surface area contributed by atoms with Crippen molar-refractivity contribution in [2.24, 2.45) is 11.8 Å². The average molecular weight is 431 g/mol. The Kier molecular flexibility index (Phi) is 6.67. The van der Waals surface area contributed by atoms with Gasteiger partial charge in [-0.1, -0.05) is 18.9 Å². The molecule has 8 heteroatoms. The Morgan fingerprint density at radius 3 is 2.32 bits per heavy atom. The maximum Gasteiger partial charge on any atom is 0.233 e. The van der Waals surface area contributed by atoms with Gasteiger partial charge in [0.15, 0.2) is 0 Å². The van der Waals surface area contributed by atoms with Gasteiger partial charge in [0, 0.05) is 45.7 Å². The van der Waals surface area contributed by atoms with E-state index in [0.717, 1.165) is 57.4 Å². The van der Waals surface area contributed by atoms with E-state index in [9.17, 15) is 18.8 Å². The first kappa shape index (κ1) is 21.9. The number of likely N-dealkylation sites (N-methyl/N-ethyl adjacent to an activating group) is 1. The highest BCUT2D eigenvalue weighted by atomic mass is 19.1. The number of benzene rings is 1. The fourth-order valence-corrected chi connectivity index (χ4v) is 4.90. The Labute approximate surface area is 182 Å². The number of rotatable bonds is 6. The highest BCUT2D eigenvalue weighted by molar-refractivity contribution is 6.05. The molecule has 2 aliphatic heterocycles. The molecular formula is C23H31FN4O3. The first-order chi connectivity index (χ1) is 14.9. The van der Waals surface area contributed by atoms with E-state index in [1.807, 2.05) is 6.07 Å². The average Bonchev–Trinajstić information content (AvgIpc) is 3.00. The Bertz CT molecular complexity index is 829. The number of nitrogens with one attached hydrogen (secondary N) is 1. The van der Waals surface area contributed by atoms with Crippen LogP contribution in [0.5, 0.6) is 0 Å². The van der Waals surface area contributed by atoms with Crippen LogP contribution in [0.3, 0.4) is 0 Å². The minimum atomic E-state index is -0.473. The summed E-state index contributed by atoms with van der Waals surface area (Å²) < 4.78 is 14.5. The first-order valence-electron chi connectivity index (χ1n) is 11.3. The minimum Gasteiger partial charge on any atom is -0.324 e. The monoisotopic (exact) mass is 430 g/mol. The van der Waals surface area contributed by atoms with Crippen LogP contribution in [0.15, 0.2) is 18.2 Å². The second kappa shape index (κ2) is 9.44. The SMILES string of the molecule is CN1CCN(Cc2ccc(NC(=O)CCN3C(=O)C4CCCCC4C3=O)c(F)c2)CC1. The fraction of sp³-hybridized carbons (Fsp3) is 0.609. The van der Waals surface area contributed by atoms with Crippen molar-refractivity contribution in [3.05, 3.63) is 29.6 Å². The molecule has 0 radical (unpaired) electrons. The van der Waals surface area contributed by atoms with Gasteiger partial charge in [-0.15, -0.1) is 0 Å². The van der Waals surface area contributed by atoms with Gasteiger partial charge >= 0.3 is 0 Å². The lowest BCUT2D eigenvalue weighted by Gasteiger charge is -2.32. The summed E-state index contributed by atoms with van der Waals surface area (Å²) in [5, 5.41) is 2.58. The topological polar surface area (TPSA) is 73.0 Å². The first-order valence-corrected chi connectivity index (χ1v) is 11.3. The lowest BCUT2D eigenvalue weighted by molar-refractivity contribution is -0.140. The molecule has 7 nitrogen and oxygen atoms in total. The third-order valence-electron chi connectivity index (χ3n) is 6.80. The molecule has 1 N–H and O–H groups in total. The molecule has 3 aliphatic rings. The van der Waals surface area contributed by atoms with Crippen LogP contribution >= 0.6 is 0 Å². The van der Waals surface area contributed by atoms with Gasteiger partial charge in [-0.3, -0.25) is 24.2 Å². The molecule has 0 aromatic heterocycles. The number of carbonyl (C=O) groups excluding carboxylic acids is 3. The smallest absolute Gasteiger partial charge is 0.233 e. The number of piperazine rings is 1. The number of carbonyl (C=O) groups is 3. The van der Waals surface area contributed by atoms with Crippen LogP contribution in [0.4, 0.5) is 10.1 Å². The number of hydrogen-bond donors (Lipinski definition) is 1. The third-order valence-corrected chi connectivity index (χ3v) is 6.80. The van der Waals surface area contributed by atoms with Crippen LogP contribution in [0.25, 0.3) is 0 Å². The summed E-state index contributed by atoms with van der Waals surface area (Å²) in [4.78, 5) is 43.1. The number of imide groups is 1. The molecule has 3 fully saturated rings. The normalized spacial score (nSPS) is 25.0. The maximum atomic E-state index is 14.5. The van der Waals surface area contributed by atoms with Crippen molar-refractivity contribution in [2.45, 2.75) is 38.6 Å². The van der Waals surface area contributed by atoms with Crippen molar-refractivity contribution in [3.63, 3.8) is 0 Å². The van der Waals surface area contributed by atoms with Gasteiger partial charge in [-0.25, -0.2) is 4.39 Å². The number of nitrogens with zero attached hydrogens (tertiary/aromatic N) is 3. The summed E-state index contributed by atoms with van der Waals surface area (Å²) in [6.07, 6.45) is 3.42. The summed E-state index contributed by atoms with van der Waals surface area (Å²) in [5.41, 5.74) is 0.996. The molecule has 2 atom stereocenters. The van der Waals surface area contributed by atoms with Gasteiger partial charge < -0.3 is 10.2 Å². The number of fused-ring (bicyclic) bond motifs is 1. The van der Waals surface area contributed by atoms with Gasteiger partial charge in [0.25, 0.3) is 0 Å². The maximum absolute atomic E-state index is 14.5. The number of hydrogen-bond acceptors (Lipinski definition) is 5. The van der Waals surface area contributed by atoms with Crippen molar-refractivity contribution in [2.75, 3.05) is 45.1 Å². The standard InChI is InChI=1S/C23H31FN4O3/c1-26-10-12-27(13-11-26)15-16-6-7-20(19(24)14-16)25-21(29)8-9-28-22(30)17-4-2-3-5-18(17)23(28)31/h6-7,14,17-18H,2-5,8-13,15H2,1H3,(H,25,29). The molecule has 2 unspecified atom stereocenters. The van der Waals surface area contributed by atoms with Gasteiger partial charge in [0.1, 0.15) is 5.82 Å². The predicted molar refractivity (Wildman–Crippen MR) is 115 cm³/mol. The summed E-state index contributed by atoms with van der Waals surface area (Å²) >= 11 is 0. The van der Waals surface area contributed by atoms with E-state index >= 15 is 0 Å². The molecule has 1 aromatic rings. The lowest BCUT2D eigenvalue weighted by Crippen LogP contribution is -2.43. The molecule has 2 saturated heterocycles. The van der Waals surface area contributed by atoms with Gasteiger partial charge in [-0.05, 0) is 37.6 Å². The summed E-state index contributed by atoms with van der Waals surface area (Å²) in [6, 6.07) is 4.88. The molecule has 1 aliphatic carbocycles. The van der Waals surface area contributed by atoms with Crippen LogP contribution in [0.1, 0.15) is 37.7 Å². The second-order valence-electron chi connectivity index (χ2n) is 9.02. The molecule has 4 rings (SSSR count). The summed E-state index contributed by atoms with van der Waals surface area (Å²) in [5.74, 6) is -1.60. The number of anilines is 1. The van der Waals surface area contributed by atoms with E-state index in [4.69, 9.17) is 0 Å². The quantitative estimate of drug-likeness (QED) is 0.700. The van der Waals surface area contributed by atoms with Gasteiger partial charge in [-0.2, -0.15) is 0 Å². The van der Waals surface area contributed by atoms with E-state index < -0.39 is 11.7 Å². The summed E-state index contributed by atoms with van der Waals surface area (Å²) in [7, 11) is 2.09. The fourth-order valence-electron chi connectivity index (χ4n) is 4.90. The molecule has 168 valence electrons. The van der Waals surface area contributed by atoms with Crippen LogP contribution in [0, 0.1) is 17.7 Å². The van der Waals surface area contributed by atoms with E-state index in [2.05, 4.69) is 22.2 Å². The second-order valence-corrected chi connectivity index (χ2v) is 9.02. The zero-order valence-electron chi connectivity index (χ0n) is 18.1. The zero-order valence-corrected chi connectivity index (χ0v) is 18.1. The number of halogens is 1. The molecule has 0 spiro atoms. The van der Waals surface area contributed by atoms with Crippen molar-refractivity contribution < 1.29 is 18.8 Å². The van der Waals surface area contributed by atoms with Crippen LogP contribution in [-0.4, -0.2) is 72.2 Å². The van der Waals surface area contributed by atoms with Crippen molar-refractivity contribution in [1.29, 1.82) is 0 Å². The van der Waals surface area contributed by atoms with Gasteiger partial charge in [0.05, 0.1) is 17.5 Å². The Hall–Kier alpha value is -2.32. The summed E-state index contributed by atoms with van der Waals surface area (Å²) in [6.45, 7) is 4.64. The van der Waals surface area contributed by atoms with Crippen LogP contribution in [-0.2, 0) is 20.9 Å². The van der Waals surface area contributed by atoms with Gasteiger partial charge in [0.2, 0.25) is 17.7 Å². The van der Waals surface area contributed by atoms with Crippen molar-refractivity contribution >= 4 is 23.4 Å². The third kappa shape index (κ3) is 4.96. The molecular weight excluding hydrogens is 399 g/mol. The number of amides is 3. The molecule has 1 aromatic carbocycles. The molecule has 1 saturated carbocycles. The number of likely N-dealkylation sites (tertiary alicyclic amines) is 1. The van der Waals surface area contributed by atoms with E-state index in [0.29, 0.717) is 6.54 Å². The molecule has 2 heterocycles. The van der Waals surface area contributed by atoms with E-state index in [-0.39, 0.29) is 42.3 Å².